The van der Waals surface area contributed by atoms with Gasteiger partial charge in [0, 0.05) is 16.8 Å². The van der Waals surface area contributed by atoms with Gasteiger partial charge >= 0.3 is 0 Å². The highest BCUT2D eigenvalue weighted by Crippen LogP contribution is 2.47. The minimum Gasteiger partial charge on any atom is -0.241 e. The Morgan fingerprint density at radius 3 is 2.67 bits per heavy atom. The molecule has 0 aliphatic heterocycles. The number of aromatic nitrogens is 2. The third-order valence-corrected chi connectivity index (χ3v) is 3.82. The third-order valence-electron chi connectivity index (χ3n) is 3.82. The van der Waals surface area contributed by atoms with Gasteiger partial charge in [-0.25, -0.2) is 9.97 Å². The summed E-state index contributed by atoms with van der Waals surface area (Å²) in [5.41, 5.74) is 7.17. The molecular formula is C16H12N2. The smallest absolute Gasteiger partial charge is 0.116 e. The van der Waals surface area contributed by atoms with Crippen molar-refractivity contribution in [2.45, 2.75) is 13.8 Å². The van der Waals surface area contributed by atoms with Crippen molar-refractivity contribution in [1.82, 2.24) is 9.97 Å². The van der Waals surface area contributed by atoms with Crippen LogP contribution in [0.2, 0.25) is 0 Å². The zero-order valence-corrected chi connectivity index (χ0v) is 10.4. The maximum atomic E-state index is 4.48. The molecule has 0 spiro atoms. The molecule has 0 N–H and O–H groups in total. The maximum absolute atomic E-state index is 4.48. The Bertz CT molecular complexity index is 804. The van der Waals surface area contributed by atoms with Gasteiger partial charge in [0.25, 0.3) is 0 Å². The molecule has 1 aromatic heterocycles. The van der Waals surface area contributed by atoms with Crippen LogP contribution in [0.3, 0.4) is 0 Å². The quantitative estimate of drug-likeness (QED) is 0.459. The Labute approximate surface area is 105 Å². The lowest BCUT2D eigenvalue weighted by atomic mass is 9.99. The summed E-state index contributed by atoms with van der Waals surface area (Å²) < 4.78 is 0. The average molecular weight is 232 g/mol. The molecule has 0 fully saturated rings. The van der Waals surface area contributed by atoms with E-state index in [9.17, 15) is 0 Å². The first-order valence-corrected chi connectivity index (χ1v) is 6.12. The highest BCUT2D eigenvalue weighted by atomic mass is 14.8. The molecular weight excluding hydrogens is 220 g/mol. The SMILES string of the molecule is Cc1ncnc2c1-c1ccc(C)c3cccc-2c13. The fourth-order valence-corrected chi connectivity index (χ4v) is 2.96. The van der Waals surface area contributed by atoms with Crippen LogP contribution in [0.5, 0.6) is 0 Å². The number of rotatable bonds is 0. The molecule has 0 atom stereocenters. The Kier molecular flexibility index (Phi) is 1.72. The van der Waals surface area contributed by atoms with E-state index < -0.39 is 0 Å². The van der Waals surface area contributed by atoms with Gasteiger partial charge in [-0.2, -0.15) is 0 Å². The van der Waals surface area contributed by atoms with E-state index in [2.05, 4.69) is 54.1 Å². The van der Waals surface area contributed by atoms with Gasteiger partial charge in [-0.15, -0.1) is 0 Å². The standard InChI is InChI=1S/C16H12N2/c1-9-6-7-12-14-10(2)17-8-18-16(14)13-5-3-4-11(9)15(12)13/h3-8H,1-2H3. The van der Waals surface area contributed by atoms with Crippen molar-refractivity contribution in [3.05, 3.63) is 47.9 Å². The van der Waals surface area contributed by atoms with Gasteiger partial charge < -0.3 is 0 Å². The van der Waals surface area contributed by atoms with E-state index >= 15 is 0 Å². The monoisotopic (exact) mass is 232 g/mol. The fourth-order valence-electron chi connectivity index (χ4n) is 2.96. The van der Waals surface area contributed by atoms with Crippen LogP contribution < -0.4 is 0 Å². The van der Waals surface area contributed by atoms with Crippen molar-refractivity contribution in [3.8, 4) is 22.4 Å². The molecule has 0 radical (unpaired) electrons. The van der Waals surface area contributed by atoms with E-state index in [0.717, 1.165) is 11.4 Å². The van der Waals surface area contributed by atoms with Gasteiger partial charge in [-0.3, -0.25) is 0 Å². The fraction of sp³-hybridized carbons (Fsp3) is 0.125. The molecule has 2 nitrogen and oxygen atoms in total. The topological polar surface area (TPSA) is 25.8 Å². The Morgan fingerprint density at radius 2 is 1.78 bits per heavy atom. The molecule has 2 heteroatoms. The van der Waals surface area contributed by atoms with Crippen molar-refractivity contribution in [2.75, 3.05) is 0 Å². The lowest BCUT2D eigenvalue weighted by Crippen LogP contribution is -1.89. The second kappa shape index (κ2) is 3.16. The van der Waals surface area contributed by atoms with Crippen LogP contribution in [0, 0.1) is 13.8 Å². The van der Waals surface area contributed by atoms with Gasteiger partial charge in [0.15, 0.2) is 0 Å². The second-order valence-corrected chi connectivity index (χ2v) is 4.84. The van der Waals surface area contributed by atoms with Gasteiger partial charge in [-0.05, 0) is 35.7 Å². The summed E-state index contributed by atoms with van der Waals surface area (Å²) in [5.74, 6) is 0. The number of hydrogen-bond donors (Lipinski definition) is 0. The molecule has 1 heterocycles. The van der Waals surface area contributed by atoms with E-state index in [1.54, 1.807) is 6.33 Å². The van der Waals surface area contributed by atoms with Crippen LogP contribution in [0.1, 0.15) is 11.3 Å². The van der Waals surface area contributed by atoms with Gasteiger partial charge in [-0.1, -0.05) is 30.3 Å². The first-order chi connectivity index (χ1) is 8.77. The summed E-state index contributed by atoms with van der Waals surface area (Å²) in [7, 11) is 0. The summed E-state index contributed by atoms with van der Waals surface area (Å²) in [5, 5.41) is 2.65. The summed E-state index contributed by atoms with van der Waals surface area (Å²) in [6.45, 7) is 4.21. The van der Waals surface area contributed by atoms with Crippen LogP contribution >= 0.6 is 0 Å². The van der Waals surface area contributed by atoms with Crippen LogP contribution in [0.4, 0.5) is 0 Å². The minimum atomic E-state index is 1.06. The molecule has 0 bridgehead atoms. The van der Waals surface area contributed by atoms with Crippen LogP contribution in [-0.4, -0.2) is 9.97 Å². The molecule has 0 unspecified atom stereocenters. The average Bonchev–Trinajstić information content (AvgIpc) is 2.72. The summed E-state index contributed by atoms with van der Waals surface area (Å²) in [6, 6.07) is 10.8. The summed E-state index contributed by atoms with van der Waals surface area (Å²) in [6.07, 6.45) is 1.66. The number of aryl methyl sites for hydroxylation is 2. The van der Waals surface area contributed by atoms with Crippen molar-refractivity contribution in [3.63, 3.8) is 0 Å². The molecule has 0 saturated heterocycles. The summed E-state index contributed by atoms with van der Waals surface area (Å²) in [4.78, 5) is 8.81. The molecule has 0 saturated carbocycles. The van der Waals surface area contributed by atoms with Crippen molar-refractivity contribution in [2.24, 2.45) is 0 Å². The van der Waals surface area contributed by atoms with Crippen LogP contribution in [0.15, 0.2) is 36.7 Å². The molecule has 3 aromatic rings. The normalized spacial score (nSPS) is 11.9. The van der Waals surface area contributed by atoms with E-state index in [4.69, 9.17) is 0 Å². The number of hydrogen-bond acceptors (Lipinski definition) is 2. The Balaban J connectivity index is 2.30. The maximum Gasteiger partial charge on any atom is 0.116 e. The Morgan fingerprint density at radius 1 is 0.889 bits per heavy atom. The molecule has 2 aromatic carbocycles. The second-order valence-electron chi connectivity index (χ2n) is 4.84. The third kappa shape index (κ3) is 1.03. The van der Waals surface area contributed by atoms with Crippen LogP contribution in [-0.2, 0) is 0 Å². The first-order valence-electron chi connectivity index (χ1n) is 6.12. The van der Waals surface area contributed by atoms with Crippen molar-refractivity contribution in [1.29, 1.82) is 0 Å². The minimum absolute atomic E-state index is 1.06. The molecule has 1 aliphatic rings. The van der Waals surface area contributed by atoms with E-state index in [0.29, 0.717) is 0 Å². The lowest BCUT2D eigenvalue weighted by molar-refractivity contribution is 1.12. The van der Waals surface area contributed by atoms with E-state index in [1.807, 2.05) is 0 Å². The molecule has 4 rings (SSSR count). The molecule has 18 heavy (non-hydrogen) atoms. The number of nitrogens with zero attached hydrogens (tertiary/aromatic N) is 2. The predicted molar refractivity (Wildman–Crippen MR) is 73.4 cm³/mol. The van der Waals surface area contributed by atoms with Gasteiger partial charge in [0.2, 0.25) is 0 Å². The zero-order valence-electron chi connectivity index (χ0n) is 10.4. The molecule has 0 amide bonds. The van der Waals surface area contributed by atoms with E-state index in [1.165, 1.54) is 33.0 Å². The molecule has 86 valence electrons. The predicted octanol–water partition coefficient (Wildman–Crippen LogP) is 3.89. The summed E-state index contributed by atoms with van der Waals surface area (Å²) >= 11 is 0. The zero-order chi connectivity index (χ0) is 12.3. The van der Waals surface area contributed by atoms with Crippen molar-refractivity contribution < 1.29 is 0 Å². The lowest BCUT2D eigenvalue weighted by Gasteiger charge is -2.05. The highest BCUT2D eigenvalue weighted by molar-refractivity contribution is 6.15. The van der Waals surface area contributed by atoms with Crippen LogP contribution in [0.25, 0.3) is 33.2 Å². The number of fused-ring (bicyclic) bond motifs is 3. The number of benzene rings is 2. The van der Waals surface area contributed by atoms with E-state index in [-0.39, 0.29) is 0 Å². The first kappa shape index (κ1) is 9.77. The molecule has 1 aliphatic carbocycles. The largest absolute Gasteiger partial charge is 0.241 e. The highest BCUT2D eigenvalue weighted by Gasteiger charge is 2.24. The van der Waals surface area contributed by atoms with Gasteiger partial charge in [0.05, 0.1) is 5.69 Å². The Hall–Kier alpha value is -2.22. The van der Waals surface area contributed by atoms with Gasteiger partial charge in [0.1, 0.15) is 6.33 Å². The van der Waals surface area contributed by atoms with Crippen molar-refractivity contribution >= 4 is 10.8 Å².